The number of benzene rings is 2. The number of sulfonamides is 1. The monoisotopic (exact) mass is 405 g/mol. The lowest BCUT2D eigenvalue weighted by Gasteiger charge is -2.15. The van der Waals surface area contributed by atoms with Crippen LogP contribution < -0.4 is 10.0 Å². The predicted molar refractivity (Wildman–Crippen MR) is 104 cm³/mol. The number of halogens is 2. The molecular formula is C20H21F2N3O2S. The van der Waals surface area contributed by atoms with Gasteiger partial charge in [0.2, 0.25) is 10.0 Å². The van der Waals surface area contributed by atoms with Gasteiger partial charge in [-0.1, -0.05) is 12.1 Å². The van der Waals surface area contributed by atoms with Gasteiger partial charge >= 0.3 is 0 Å². The van der Waals surface area contributed by atoms with Crippen LogP contribution in [0.2, 0.25) is 0 Å². The number of aromatic nitrogens is 1. The first kappa shape index (κ1) is 20.3. The number of pyridine rings is 1. The second-order valence-electron chi connectivity index (χ2n) is 6.60. The van der Waals surface area contributed by atoms with E-state index < -0.39 is 21.7 Å². The Morgan fingerprint density at radius 3 is 2.68 bits per heavy atom. The first-order valence-corrected chi connectivity index (χ1v) is 10.3. The summed E-state index contributed by atoms with van der Waals surface area (Å²) in [7, 11) is -3.66. The lowest BCUT2D eigenvalue weighted by atomic mass is 10.1. The highest BCUT2D eigenvalue weighted by Gasteiger charge is 2.17. The van der Waals surface area contributed by atoms with Crippen LogP contribution in [0.4, 0.5) is 8.78 Å². The van der Waals surface area contributed by atoms with E-state index in [4.69, 9.17) is 0 Å². The van der Waals surface area contributed by atoms with Crippen LogP contribution in [0.25, 0.3) is 10.8 Å². The summed E-state index contributed by atoms with van der Waals surface area (Å²) in [4.78, 5) is 4.20. The van der Waals surface area contributed by atoms with Crippen molar-refractivity contribution < 1.29 is 17.2 Å². The normalized spacial score (nSPS) is 13.0. The SMILES string of the molecule is CC(CNCCc1ccc(F)cc1F)NS(=O)(=O)c1ccc2cnccc2c1. The highest BCUT2D eigenvalue weighted by Crippen LogP contribution is 2.18. The van der Waals surface area contributed by atoms with Crippen LogP contribution in [0.5, 0.6) is 0 Å². The van der Waals surface area contributed by atoms with E-state index >= 15 is 0 Å². The molecule has 2 N–H and O–H groups in total. The summed E-state index contributed by atoms with van der Waals surface area (Å²) < 4.78 is 54.3. The minimum Gasteiger partial charge on any atom is -0.315 e. The predicted octanol–water partition coefficient (Wildman–Crippen LogP) is 3.01. The molecule has 0 saturated heterocycles. The van der Waals surface area contributed by atoms with E-state index in [-0.39, 0.29) is 10.9 Å². The smallest absolute Gasteiger partial charge is 0.240 e. The molecule has 28 heavy (non-hydrogen) atoms. The molecule has 148 valence electrons. The molecule has 0 saturated carbocycles. The standard InChI is InChI=1S/C20H21F2N3O2S/c1-14(12-23-8-6-15-2-4-18(21)11-20(15)22)25-28(26,27)19-5-3-17-13-24-9-7-16(17)10-19/h2-5,7,9-11,13-14,23,25H,6,8,12H2,1H3. The first-order chi connectivity index (χ1) is 13.3. The van der Waals surface area contributed by atoms with Gasteiger partial charge in [0.15, 0.2) is 0 Å². The molecule has 0 aliphatic carbocycles. The van der Waals surface area contributed by atoms with Gasteiger partial charge in [-0.15, -0.1) is 0 Å². The molecule has 2 aromatic carbocycles. The van der Waals surface area contributed by atoms with Crippen molar-refractivity contribution in [2.75, 3.05) is 13.1 Å². The topological polar surface area (TPSA) is 71.1 Å². The summed E-state index contributed by atoms with van der Waals surface area (Å²) in [5.74, 6) is -1.19. The second-order valence-corrected chi connectivity index (χ2v) is 8.31. The molecule has 8 heteroatoms. The first-order valence-electron chi connectivity index (χ1n) is 8.86. The van der Waals surface area contributed by atoms with Crippen molar-refractivity contribution in [1.29, 1.82) is 0 Å². The lowest BCUT2D eigenvalue weighted by molar-refractivity contribution is 0.533. The Morgan fingerprint density at radius 2 is 1.89 bits per heavy atom. The molecule has 3 rings (SSSR count). The molecule has 0 fully saturated rings. The van der Waals surface area contributed by atoms with Crippen LogP contribution in [0, 0.1) is 11.6 Å². The quantitative estimate of drug-likeness (QED) is 0.565. The van der Waals surface area contributed by atoms with Gasteiger partial charge in [0.1, 0.15) is 11.6 Å². The Kier molecular flexibility index (Phi) is 6.33. The van der Waals surface area contributed by atoms with Crippen LogP contribution in [0.1, 0.15) is 12.5 Å². The molecule has 1 unspecified atom stereocenters. The van der Waals surface area contributed by atoms with Crippen LogP contribution in [0.3, 0.4) is 0 Å². The van der Waals surface area contributed by atoms with Crippen molar-refractivity contribution in [2.45, 2.75) is 24.3 Å². The molecular weight excluding hydrogens is 384 g/mol. The van der Waals surface area contributed by atoms with Crippen molar-refractivity contribution in [3.63, 3.8) is 0 Å². The third kappa shape index (κ3) is 5.09. The van der Waals surface area contributed by atoms with Crippen LogP contribution >= 0.6 is 0 Å². The van der Waals surface area contributed by atoms with Gasteiger partial charge in [0.05, 0.1) is 4.90 Å². The van der Waals surface area contributed by atoms with Crippen molar-refractivity contribution in [1.82, 2.24) is 15.0 Å². The van der Waals surface area contributed by atoms with E-state index in [2.05, 4.69) is 15.0 Å². The second kappa shape index (κ2) is 8.72. The van der Waals surface area contributed by atoms with Crippen molar-refractivity contribution in [3.8, 4) is 0 Å². The number of rotatable bonds is 8. The molecule has 3 aromatic rings. The zero-order valence-corrected chi connectivity index (χ0v) is 16.1. The minimum absolute atomic E-state index is 0.187. The van der Waals surface area contributed by atoms with E-state index in [0.29, 0.717) is 25.1 Å². The maximum absolute atomic E-state index is 13.6. The molecule has 5 nitrogen and oxygen atoms in total. The van der Waals surface area contributed by atoms with E-state index in [9.17, 15) is 17.2 Å². The number of hydrogen-bond acceptors (Lipinski definition) is 4. The van der Waals surface area contributed by atoms with Gasteiger partial charge < -0.3 is 5.32 Å². The van der Waals surface area contributed by atoms with Crippen molar-refractivity contribution in [2.24, 2.45) is 0 Å². The molecule has 0 spiro atoms. The van der Waals surface area contributed by atoms with E-state index in [0.717, 1.165) is 16.8 Å². The van der Waals surface area contributed by atoms with Crippen LogP contribution in [-0.2, 0) is 16.4 Å². The summed E-state index contributed by atoms with van der Waals surface area (Å²) in [6.07, 6.45) is 3.67. The van der Waals surface area contributed by atoms with Crippen LogP contribution in [-0.4, -0.2) is 32.5 Å². The van der Waals surface area contributed by atoms with Gasteiger partial charge in [0, 0.05) is 36.4 Å². The fourth-order valence-corrected chi connectivity index (χ4v) is 4.15. The maximum Gasteiger partial charge on any atom is 0.240 e. The van der Waals surface area contributed by atoms with Crippen molar-refractivity contribution >= 4 is 20.8 Å². The number of hydrogen-bond donors (Lipinski definition) is 2. The van der Waals surface area contributed by atoms with Gasteiger partial charge in [0.25, 0.3) is 0 Å². The van der Waals surface area contributed by atoms with E-state index in [1.165, 1.54) is 12.1 Å². The Labute approximate surface area is 162 Å². The molecule has 0 amide bonds. The summed E-state index contributed by atoms with van der Waals surface area (Å²) in [6, 6.07) is 9.75. The van der Waals surface area contributed by atoms with E-state index in [1.807, 2.05) is 0 Å². The third-order valence-electron chi connectivity index (χ3n) is 4.32. The zero-order chi connectivity index (χ0) is 20.1. The fraction of sp³-hybridized carbons (Fsp3) is 0.250. The summed E-state index contributed by atoms with van der Waals surface area (Å²) in [6.45, 7) is 2.56. The Morgan fingerprint density at radius 1 is 1.07 bits per heavy atom. The molecule has 1 heterocycles. The molecule has 0 bridgehead atoms. The minimum atomic E-state index is -3.66. The Balaban J connectivity index is 1.53. The number of nitrogens with zero attached hydrogens (tertiary/aromatic N) is 1. The summed E-state index contributed by atoms with van der Waals surface area (Å²) >= 11 is 0. The highest BCUT2D eigenvalue weighted by molar-refractivity contribution is 7.89. The Bertz CT molecular complexity index is 1070. The average molecular weight is 405 g/mol. The average Bonchev–Trinajstić information content (AvgIpc) is 2.66. The largest absolute Gasteiger partial charge is 0.315 e. The third-order valence-corrected chi connectivity index (χ3v) is 5.90. The molecule has 0 aliphatic rings. The molecule has 1 atom stereocenters. The zero-order valence-electron chi connectivity index (χ0n) is 15.3. The number of nitrogens with one attached hydrogen (secondary N) is 2. The van der Waals surface area contributed by atoms with Gasteiger partial charge in [-0.25, -0.2) is 21.9 Å². The van der Waals surface area contributed by atoms with Gasteiger partial charge in [-0.05, 0) is 55.1 Å². The molecule has 1 aromatic heterocycles. The summed E-state index contributed by atoms with van der Waals surface area (Å²) in [5, 5.41) is 4.74. The van der Waals surface area contributed by atoms with Gasteiger partial charge in [-0.3, -0.25) is 4.98 Å². The summed E-state index contributed by atoms with van der Waals surface area (Å²) in [5.41, 5.74) is 0.410. The molecule has 0 radical (unpaired) electrons. The molecule has 0 aliphatic heterocycles. The Hall–Kier alpha value is -2.42. The van der Waals surface area contributed by atoms with Crippen LogP contribution in [0.15, 0.2) is 59.8 Å². The van der Waals surface area contributed by atoms with Crippen molar-refractivity contribution in [3.05, 3.63) is 72.1 Å². The fourth-order valence-electron chi connectivity index (χ4n) is 2.87. The maximum atomic E-state index is 13.6. The van der Waals surface area contributed by atoms with Gasteiger partial charge in [-0.2, -0.15) is 0 Å². The number of fused-ring (bicyclic) bond motifs is 1. The lowest BCUT2D eigenvalue weighted by Crippen LogP contribution is -2.40. The highest BCUT2D eigenvalue weighted by atomic mass is 32.2. The van der Waals surface area contributed by atoms with E-state index in [1.54, 1.807) is 43.6 Å².